The van der Waals surface area contributed by atoms with Gasteiger partial charge in [0.1, 0.15) is 11.5 Å². The van der Waals surface area contributed by atoms with Crippen LogP contribution in [0.5, 0.6) is 11.5 Å². The maximum Gasteiger partial charge on any atom is 0.259 e. The Morgan fingerprint density at radius 1 is 1.30 bits per heavy atom. The third kappa shape index (κ3) is 2.95. The van der Waals surface area contributed by atoms with Gasteiger partial charge in [-0.25, -0.2) is 0 Å². The van der Waals surface area contributed by atoms with Gasteiger partial charge in [-0.2, -0.15) is 0 Å². The highest BCUT2D eigenvalue weighted by molar-refractivity contribution is 6.31. The Balaban J connectivity index is 2.28. The lowest BCUT2D eigenvalue weighted by molar-refractivity contribution is 0.102. The smallest absolute Gasteiger partial charge is 0.259 e. The number of aromatic hydroxyl groups is 1. The van der Waals surface area contributed by atoms with Crippen molar-refractivity contribution < 1.29 is 14.6 Å². The first kappa shape index (κ1) is 14.0. The van der Waals surface area contributed by atoms with Gasteiger partial charge in [0.05, 0.1) is 18.4 Å². The van der Waals surface area contributed by atoms with Crippen LogP contribution in [0.3, 0.4) is 0 Å². The van der Waals surface area contributed by atoms with Crippen LogP contribution in [-0.2, 0) is 0 Å². The summed E-state index contributed by atoms with van der Waals surface area (Å²) in [6, 6.07) is 9.13. The fourth-order valence-corrected chi connectivity index (χ4v) is 1.86. The van der Waals surface area contributed by atoms with E-state index in [1.807, 2.05) is 0 Å². The van der Waals surface area contributed by atoms with Crippen LogP contribution in [0.2, 0.25) is 5.02 Å². The molecule has 4 N–H and O–H groups in total. The normalized spacial score (nSPS) is 10.1. The van der Waals surface area contributed by atoms with Gasteiger partial charge in [-0.1, -0.05) is 11.6 Å². The third-order valence-electron chi connectivity index (χ3n) is 2.68. The number of phenols is 1. The zero-order valence-electron chi connectivity index (χ0n) is 10.7. The molecule has 2 aromatic carbocycles. The van der Waals surface area contributed by atoms with Crippen molar-refractivity contribution in [3.05, 3.63) is 47.0 Å². The van der Waals surface area contributed by atoms with Crippen LogP contribution in [0.1, 0.15) is 10.4 Å². The van der Waals surface area contributed by atoms with E-state index in [9.17, 15) is 9.90 Å². The largest absolute Gasteiger partial charge is 0.507 e. The van der Waals surface area contributed by atoms with Crippen molar-refractivity contribution in [1.29, 1.82) is 0 Å². The monoisotopic (exact) mass is 292 g/mol. The summed E-state index contributed by atoms with van der Waals surface area (Å²) in [5.41, 5.74) is 6.74. The maximum absolute atomic E-state index is 12.1. The highest BCUT2D eigenvalue weighted by Gasteiger charge is 2.14. The lowest BCUT2D eigenvalue weighted by atomic mass is 10.1. The summed E-state index contributed by atoms with van der Waals surface area (Å²) in [5.74, 6) is -0.224. The molecular formula is C14H13ClN2O3. The van der Waals surface area contributed by atoms with E-state index in [0.29, 0.717) is 22.1 Å². The Hall–Kier alpha value is -2.40. The second kappa shape index (κ2) is 5.71. The fraction of sp³-hybridized carbons (Fsp3) is 0.0714. The molecule has 6 heteroatoms. The molecule has 0 spiro atoms. The van der Waals surface area contributed by atoms with Crippen LogP contribution in [0, 0.1) is 0 Å². The second-order valence-corrected chi connectivity index (χ2v) is 4.51. The molecule has 0 saturated heterocycles. The summed E-state index contributed by atoms with van der Waals surface area (Å²) in [7, 11) is 1.48. The number of rotatable bonds is 3. The van der Waals surface area contributed by atoms with Gasteiger partial charge in [0, 0.05) is 16.8 Å². The minimum absolute atomic E-state index is 0.119. The summed E-state index contributed by atoms with van der Waals surface area (Å²) in [5, 5.41) is 12.7. The van der Waals surface area contributed by atoms with E-state index >= 15 is 0 Å². The van der Waals surface area contributed by atoms with Gasteiger partial charge < -0.3 is 20.9 Å². The standard InChI is InChI=1S/C14H13ClN2O3/c1-20-13-7-9(16)3-5-11(13)17-14(19)10-4-2-8(15)6-12(10)18/h2-7,18H,16H2,1H3,(H,17,19). The van der Waals surface area contributed by atoms with Crippen LogP contribution in [0.15, 0.2) is 36.4 Å². The molecule has 0 saturated carbocycles. The SMILES string of the molecule is COc1cc(N)ccc1NC(=O)c1ccc(Cl)cc1O. The molecule has 0 aliphatic rings. The average molecular weight is 293 g/mol. The number of benzene rings is 2. The Bertz CT molecular complexity index is 659. The molecule has 0 aromatic heterocycles. The van der Waals surface area contributed by atoms with Crippen molar-refractivity contribution in [2.45, 2.75) is 0 Å². The Morgan fingerprint density at radius 3 is 2.70 bits per heavy atom. The number of phenolic OH excluding ortho intramolecular Hbond substituents is 1. The number of carbonyl (C=O) groups is 1. The van der Waals surface area contributed by atoms with Crippen LogP contribution < -0.4 is 15.8 Å². The van der Waals surface area contributed by atoms with Crippen molar-refractivity contribution >= 4 is 28.9 Å². The number of halogens is 1. The first-order chi connectivity index (χ1) is 9.51. The number of methoxy groups -OCH3 is 1. The van der Waals surface area contributed by atoms with Crippen LogP contribution >= 0.6 is 11.6 Å². The predicted octanol–water partition coefficient (Wildman–Crippen LogP) is 2.89. The average Bonchev–Trinajstić information content (AvgIpc) is 2.40. The van der Waals surface area contributed by atoms with Gasteiger partial charge in [-0.3, -0.25) is 4.79 Å². The van der Waals surface area contributed by atoms with E-state index in [1.54, 1.807) is 18.2 Å². The van der Waals surface area contributed by atoms with E-state index in [4.69, 9.17) is 22.1 Å². The molecule has 1 amide bonds. The first-order valence-electron chi connectivity index (χ1n) is 5.74. The number of anilines is 2. The van der Waals surface area contributed by atoms with E-state index in [0.717, 1.165) is 0 Å². The number of ether oxygens (including phenoxy) is 1. The molecule has 2 rings (SSSR count). The summed E-state index contributed by atoms with van der Waals surface area (Å²) in [4.78, 5) is 12.1. The Labute approximate surface area is 120 Å². The van der Waals surface area contributed by atoms with Gasteiger partial charge in [-0.15, -0.1) is 0 Å². The first-order valence-corrected chi connectivity index (χ1v) is 6.12. The zero-order valence-corrected chi connectivity index (χ0v) is 11.4. The molecule has 0 unspecified atom stereocenters. The molecule has 0 aliphatic heterocycles. The molecule has 5 nitrogen and oxygen atoms in total. The quantitative estimate of drug-likeness (QED) is 0.759. The molecule has 0 radical (unpaired) electrons. The highest BCUT2D eigenvalue weighted by atomic mass is 35.5. The van der Waals surface area contributed by atoms with Crippen LogP contribution in [0.4, 0.5) is 11.4 Å². The number of nitrogen functional groups attached to an aromatic ring is 1. The second-order valence-electron chi connectivity index (χ2n) is 4.08. The van der Waals surface area contributed by atoms with Gasteiger partial charge in [0.15, 0.2) is 0 Å². The van der Waals surface area contributed by atoms with Crippen molar-refractivity contribution in [2.24, 2.45) is 0 Å². The molecule has 0 aliphatic carbocycles. The molecule has 0 bridgehead atoms. The predicted molar refractivity (Wildman–Crippen MR) is 78.5 cm³/mol. The highest BCUT2D eigenvalue weighted by Crippen LogP contribution is 2.28. The molecule has 0 fully saturated rings. The molecule has 2 aromatic rings. The third-order valence-corrected chi connectivity index (χ3v) is 2.91. The number of nitrogens with one attached hydrogen (secondary N) is 1. The lowest BCUT2D eigenvalue weighted by Crippen LogP contribution is -2.13. The Morgan fingerprint density at radius 2 is 2.05 bits per heavy atom. The number of carbonyl (C=O) groups excluding carboxylic acids is 1. The van der Waals surface area contributed by atoms with Gasteiger partial charge in [0.25, 0.3) is 5.91 Å². The molecule has 0 heterocycles. The maximum atomic E-state index is 12.1. The molecular weight excluding hydrogens is 280 g/mol. The summed E-state index contributed by atoms with van der Waals surface area (Å²) >= 11 is 5.72. The van der Waals surface area contributed by atoms with Crippen molar-refractivity contribution in [1.82, 2.24) is 0 Å². The van der Waals surface area contributed by atoms with Crippen molar-refractivity contribution in [3.63, 3.8) is 0 Å². The van der Waals surface area contributed by atoms with Crippen LogP contribution in [0.25, 0.3) is 0 Å². The van der Waals surface area contributed by atoms with Gasteiger partial charge >= 0.3 is 0 Å². The summed E-state index contributed by atoms with van der Waals surface area (Å²) < 4.78 is 5.13. The minimum atomic E-state index is -0.470. The number of hydrogen-bond donors (Lipinski definition) is 3. The van der Waals surface area contributed by atoms with E-state index in [2.05, 4.69) is 5.32 Å². The number of amides is 1. The topological polar surface area (TPSA) is 84.6 Å². The Kier molecular flexibility index (Phi) is 4.00. The van der Waals surface area contributed by atoms with E-state index in [1.165, 1.54) is 25.3 Å². The summed E-state index contributed by atoms with van der Waals surface area (Å²) in [6.45, 7) is 0. The number of hydrogen-bond acceptors (Lipinski definition) is 4. The van der Waals surface area contributed by atoms with E-state index < -0.39 is 5.91 Å². The lowest BCUT2D eigenvalue weighted by Gasteiger charge is -2.11. The van der Waals surface area contributed by atoms with Gasteiger partial charge in [0.2, 0.25) is 0 Å². The molecule has 20 heavy (non-hydrogen) atoms. The molecule has 104 valence electrons. The summed E-state index contributed by atoms with van der Waals surface area (Å²) in [6.07, 6.45) is 0. The van der Waals surface area contributed by atoms with E-state index in [-0.39, 0.29) is 11.3 Å². The zero-order chi connectivity index (χ0) is 14.7. The number of nitrogens with two attached hydrogens (primary N) is 1. The molecule has 0 atom stereocenters. The van der Waals surface area contributed by atoms with Gasteiger partial charge in [-0.05, 0) is 30.3 Å². The minimum Gasteiger partial charge on any atom is -0.507 e. The fourth-order valence-electron chi connectivity index (χ4n) is 1.70. The van der Waals surface area contributed by atoms with Crippen molar-refractivity contribution in [3.8, 4) is 11.5 Å². The van der Waals surface area contributed by atoms with Crippen LogP contribution in [-0.4, -0.2) is 18.1 Å². The van der Waals surface area contributed by atoms with Crippen molar-refractivity contribution in [2.75, 3.05) is 18.2 Å².